The Morgan fingerprint density at radius 3 is 2.68 bits per heavy atom. The summed E-state index contributed by atoms with van der Waals surface area (Å²) in [5, 5.41) is 6.05. The molecule has 1 rings (SSSR count). The number of hydrogen-bond donors (Lipinski definition) is 2. The molecule has 1 atom stereocenters. The lowest BCUT2D eigenvalue weighted by Gasteiger charge is -2.23. The molecule has 0 unspecified atom stereocenters. The monoisotopic (exact) mass is 291 g/mol. The highest BCUT2D eigenvalue weighted by molar-refractivity contribution is 7.88. The molecule has 1 saturated heterocycles. The quantitative estimate of drug-likeness (QED) is 0.643. The smallest absolute Gasteiger partial charge is 0.237 e. The van der Waals surface area contributed by atoms with Crippen LogP contribution >= 0.6 is 0 Å². The zero-order valence-corrected chi connectivity index (χ0v) is 12.6. The number of nitrogens with one attached hydrogen (secondary N) is 2. The maximum Gasteiger partial charge on any atom is 0.237 e. The maximum atomic E-state index is 11.8. The van der Waals surface area contributed by atoms with E-state index in [1.165, 1.54) is 10.6 Å². The Balaban J connectivity index is 2.21. The number of carbonyl (C=O) groups is 1. The summed E-state index contributed by atoms with van der Waals surface area (Å²) < 4.78 is 24.1. The molecular weight excluding hydrogens is 266 g/mol. The molecule has 0 saturated carbocycles. The van der Waals surface area contributed by atoms with E-state index >= 15 is 0 Å². The molecule has 112 valence electrons. The van der Waals surface area contributed by atoms with Crippen LogP contribution in [0.1, 0.15) is 32.6 Å². The van der Waals surface area contributed by atoms with Crippen molar-refractivity contribution in [2.45, 2.75) is 38.6 Å². The van der Waals surface area contributed by atoms with Crippen LogP contribution in [0.3, 0.4) is 0 Å². The minimum atomic E-state index is -3.13. The third kappa shape index (κ3) is 5.88. The molecule has 0 aromatic rings. The lowest BCUT2D eigenvalue weighted by molar-refractivity contribution is -0.123. The first-order valence-electron chi connectivity index (χ1n) is 6.91. The van der Waals surface area contributed by atoms with Crippen LogP contribution in [0.15, 0.2) is 0 Å². The van der Waals surface area contributed by atoms with E-state index in [0.717, 1.165) is 25.8 Å². The van der Waals surface area contributed by atoms with E-state index in [4.69, 9.17) is 0 Å². The van der Waals surface area contributed by atoms with Crippen molar-refractivity contribution in [3.63, 3.8) is 0 Å². The molecule has 0 spiro atoms. The van der Waals surface area contributed by atoms with Crippen molar-refractivity contribution in [1.29, 1.82) is 0 Å². The standard InChI is InChI=1S/C12H25N3O3S/c1-3-15(19(2,17)18)10-6-9-14-12(16)11-7-4-5-8-13-11/h11,13H,3-10H2,1-2H3,(H,14,16)/t11-/m1/s1. The Bertz CT molecular complexity index is 378. The molecule has 6 nitrogen and oxygen atoms in total. The molecule has 0 aromatic heterocycles. The molecule has 1 amide bonds. The first kappa shape index (κ1) is 16.4. The fourth-order valence-corrected chi connectivity index (χ4v) is 3.15. The van der Waals surface area contributed by atoms with E-state index in [-0.39, 0.29) is 11.9 Å². The van der Waals surface area contributed by atoms with Crippen LogP contribution in [0.2, 0.25) is 0 Å². The van der Waals surface area contributed by atoms with Gasteiger partial charge in [0.25, 0.3) is 0 Å². The predicted octanol–water partition coefficient (Wildman–Crippen LogP) is -0.0837. The molecule has 0 aromatic carbocycles. The topological polar surface area (TPSA) is 78.5 Å². The van der Waals surface area contributed by atoms with Gasteiger partial charge < -0.3 is 10.6 Å². The number of nitrogens with zero attached hydrogens (tertiary/aromatic N) is 1. The SMILES string of the molecule is CCN(CCCNC(=O)[C@H]1CCCCN1)S(C)(=O)=O. The van der Waals surface area contributed by atoms with E-state index in [0.29, 0.717) is 26.1 Å². The molecule has 1 fully saturated rings. The second-order valence-corrected chi connectivity index (χ2v) is 6.88. The first-order valence-corrected chi connectivity index (χ1v) is 8.76. The van der Waals surface area contributed by atoms with Crippen molar-refractivity contribution in [3.8, 4) is 0 Å². The molecule has 1 heterocycles. The van der Waals surface area contributed by atoms with Crippen molar-refractivity contribution in [3.05, 3.63) is 0 Å². The highest BCUT2D eigenvalue weighted by Gasteiger charge is 2.20. The van der Waals surface area contributed by atoms with Gasteiger partial charge in [0, 0.05) is 19.6 Å². The van der Waals surface area contributed by atoms with Gasteiger partial charge in [-0.1, -0.05) is 13.3 Å². The first-order chi connectivity index (χ1) is 8.95. The van der Waals surface area contributed by atoms with E-state index in [9.17, 15) is 13.2 Å². The summed E-state index contributed by atoms with van der Waals surface area (Å²) in [6.45, 7) is 4.15. The van der Waals surface area contributed by atoms with Gasteiger partial charge in [0.2, 0.25) is 15.9 Å². The van der Waals surface area contributed by atoms with Crippen molar-refractivity contribution in [2.24, 2.45) is 0 Å². The number of rotatable bonds is 7. The largest absolute Gasteiger partial charge is 0.355 e. The molecule has 0 aliphatic carbocycles. The van der Waals surface area contributed by atoms with Crippen molar-refractivity contribution < 1.29 is 13.2 Å². The molecule has 0 bridgehead atoms. The van der Waals surface area contributed by atoms with Gasteiger partial charge in [0.15, 0.2) is 0 Å². The zero-order valence-electron chi connectivity index (χ0n) is 11.8. The van der Waals surface area contributed by atoms with Gasteiger partial charge in [-0.05, 0) is 25.8 Å². The number of carbonyl (C=O) groups excluding carboxylic acids is 1. The van der Waals surface area contributed by atoms with E-state index in [1.54, 1.807) is 0 Å². The van der Waals surface area contributed by atoms with Gasteiger partial charge in [-0.15, -0.1) is 0 Å². The van der Waals surface area contributed by atoms with Crippen LogP contribution in [0.4, 0.5) is 0 Å². The van der Waals surface area contributed by atoms with Gasteiger partial charge in [0.1, 0.15) is 0 Å². The highest BCUT2D eigenvalue weighted by atomic mass is 32.2. The number of amides is 1. The Labute approximate surface area is 116 Å². The van der Waals surface area contributed by atoms with Gasteiger partial charge in [-0.25, -0.2) is 12.7 Å². The third-order valence-electron chi connectivity index (χ3n) is 3.33. The van der Waals surface area contributed by atoms with Gasteiger partial charge in [0.05, 0.1) is 12.3 Å². The van der Waals surface area contributed by atoms with Gasteiger partial charge in [-0.3, -0.25) is 4.79 Å². The normalized spacial score (nSPS) is 20.5. The lowest BCUT2D eigenvalue weighted by Crippen LogP contribution is -2.47. The van der Waals surface area contributed by atoms with Crippen LogP contribution in [0.5, 0.6) is 0 Å². The predicted molar refractivity (Wildman–Crippen MR) is 75.4 cm³/mol. The van der Waals surface area contributed by atoms with E-state index in [1.807, 2.05) is 6.92 Å². The summed E-state index contributed by atoms with van der Waals surface area (Å²) in [4.78, 5) is 11.8. The van der Waals surface area contributed by atoms with Crippen molar-refractivity contribution in [2.75, 3.05) is 32.4 Å². The summed E-state index contributed by atoms with van der Waals surface area (Å²) in [6.07, 6.45) is 4.95. The van der Waals surface area contributed by atoms with Crippen LogP contribution in [-0.2, 0) is 14.8 Å². The molecule has 7 heteroatoms. The Kier molecular flexibility index (Phi) is 6.74. The summed E-state index contributed by atoms with van der Waals surface area (Å²) in [7, 11) is -3.13. The molecule has 2 N–H and O–H groups in total. The zero-order chi connectivity index (χ0) is 14.3. The minimum Gasteiger partial charge on any atom is -0.355 e. The van der Waals surface area contributed by atoms with E-state index < -0.39 is 10.0 Å². The van der Waals surface area contributed by atoms with E-state index in [2.05, 4.69) is 10.6 Å². The summed E-state index contributed by atoms with van der Waals surface area (Å²) in [6, 6.07) is -0.0778. The molecular formula is C12H25N3O3S. The number of hydrogen-bond acceptors (Lipinski definition) is 4. The summed E-state index contributed by atoms with van der Waals surface area (Å²) in [5.74, 6) is 0.0297. The Morgan fingerprint density at radius 2 is 2.16 bits per heavy atom. The van der Waals surface area contributed by atoms with Gasteiger partial charge in [-0.2, -0.15) is 0 Å². The molecule has 0 radical (unpaired) electrons. The third-order valence-corrected chi connectivity index (χ3v) is 4.71. The summed E-state index contributed by atoms with van der Waals surface area (Å²) >= 11 is 0. The second kappa shape index (κ2) is 7.81. The van der Waals surface area contributed by atoms with Gasteiger partial charge >= 0.3 is 0 Å². The highest BCUT2D eigenvalue weighted by Crippen LogP contribution is 2.06. The van der Waals surface area contributed by atoms with Crippen molar-refractivity contribution >= 4 is 15.9 Å². The number of sulfonamides is 1. The van der Waals surface area contributed by atoms with Crippen molar-refractivity contribution in [1.82, 2.24) is 14.9 Å². The second-order valence-electron chi connectivity index (χ2n) is 4.90. The molecule has 1 aliphatic heterocycles. The fraction of sp³-hybridized carbons (Fsp3) is 0.917. The van der Waals surface area contributed by atoms with Crippen LogP contribution in [0, 0.1) is 0 Å². The van der Waals surface area contributed by atoms with Crippen LogP contribution < -0.4 is 10.6 Å². The fourth-order valence-electron chi connectivity index (χ4n) is 2.22. The average molecular weight is 291 g/mol. The van der Waals surface area contributed by atoms with Crippen LogP contribution in [-0.4, -0.2) is 57.1 Å². The minimum absolute atomic E-state index is 0.0297. The molecule has 1 aliphatic rings. The maximum absolute atomic E-state index is 11.8. The van der Waals surface area contributed by atoms with Crippen LogP contribution in [0.25, 0.3) is 0 Å². The summed E-state index contributed by atoms with van der Waals surface area (Å²) in [5.41, 5.74) is 0. The Hall–Kier alpha value is -0.660. The lowest BCUT2D eigenvalue weighted by atomic mass is 10.0. The number of piperidine rings is 1. The average Bonchev–Trinajstić information content (AvgIpc) is 2.38. The molecule has 19 heavy (non-hydrogen) atoms. The Morgan fingerprint density at radius 1 is 1.42 bits per heavy atom.